The SMILES string of the molecule is COc1cccc(C(=O)O)c1OCc1nnn(C)n1. The van der Waals surface area contributed by atoms with Gasteiger partial charge >= 0.3 is 5.97 Å². The van der Waals surface area contributed by atoms with E-state index in [9.17, 15) is 4.79 Å². The van der Waals surface area contributed by atoms with Gasteiger partial charge in [-0.05, 0) is 17.3 Å². The van der Waals surface area contributed by atoms with Gasteiger partial charge in [0.25, 0.3) is 0 Å². The molecule has 8 nitrogen and oxygen atoms in total. The van der Waals surface area contributed by atoms with Gasteiger partial charge in [0.05, 0.1) is 14.2 Å². The van der Waals surface area contributed by atoms with E-state index in [1.807, 2.05) is 0 Å². The molecule has 0 spiro atoms. The van der Waals surface area contributed by atoms with E-state index in [1.54, 1.807) is 19.2 Å². The second-order valence-electron chi connectivity index (χ2n) is 3.63. The number of methoxy groups -OCH3 is 1. The van der Waals surface area contributed by atoms with Gasteiger partial charge in [0, 0.05) is 0 Å². The van der Waals surface area contributed by atoms with Gasteiger partial charge in [-0.25, -0.2) is 4.79 Å². The zero-order valence-corrected chi connectivity index (χ0v) is 10.4. The minimum atomic E-state index is -1.10. The Morgan fingerprint density at radius 1 is 1.47 bits per heavy atom. The van der Waals surface area contributed by atoms with E-state index < -0.39 is 5.97 Å². The van der Waals surface area contributed by atoms with Crippen LogP contribution in [-0.4, -0.2) is 38.4 Å². The lowest BCUT2D eigenvalue weighted by atomic mass is 10.2. The number of benzene rings is 1. The number of tetrazole rings is 1. The average molecular weight is 264 g/mol. The van der Waals surface area contributed by atoms with Crippen LogP contribution in [0.2, 0.25) is 0 Å². The van der Waals surface area contributed by atoms with Crippen molar-refractivity contribution in [1.29, 1.82) is 0 Å². The van der Waals surface area contributed by atoms with Crippen molar-refractivity contribution in [3.05, 3.63) is 29.6 Å². The highest BCUT2D eigenvalue weighted by Crippen LogP contribution is 2.31. The molecule has 1 aromatic heterocycles. The van der Waals surface area contributed by atoms with Crippen LogP contribution in [0.15, 0.2) is 18.2 Å². The maximum atomic E-state index is 11.1. The fourth-order valence-corrected chi connectivity index (χ4v) is 1.51. The van der Waals surface area contributed by atoms with E-state index >= 15 is 0 Å². The van der Waals surface area contributed by atoms with Crippen molar-refractivity contribution in [3.8, 4) is 11.5 Å². The molecule has 0 radical (unpaired) electrons. The van der Waals surface area contributed by atoms with Gasteiger partial charge in [0.1, 0.15) is 5.56 Å². The first kappa shape index (κ1) is 12.8. The molecule has 2 rings (SSSR count). The van der Waals surface area contributed by atoms with Crippen LogP contribution in [0, 0.1) is 0 Å². The number of hydrogen-bond acceptors (Lipinski definition) is 6. The van der Waals surface area contributed by atoms with E-state index in [0.717, 1.165) is 0 Å². The summed E-state index contributed by atoms with van der Waals surface area (Å²) in [5.74, 6) is -0.264. The van der Waals surface area contributed by atoms with E-state index in [1.165, 1.54) is 18.0 Å². The van der Waals surface area contributed by atoms with Gasteiger partial charge in [0.15, 0.2) is 18.1 Å². The Morgan fingerprint density at radius 3 is 2.84 bits per heavy atom. The lowest BCUT2D eigenvalue weighted by Gasteiger charge is -2.11. The average Bonchev–Trinajstić information content (AvgIpc) is 2.81. The Hall–Kier alpha value is -2.64. The molecular weight excluding hydrogens is 252 g/mol. The van der Waals surface area contributed by atoms with Crippen molar-refractivity contribution in [1.82, 2.24) is 20.2 Å². The van der Waals surface area contributed by atoms with E-state index in [2.05, 4.69) is 15.4 Å². The first-order valence-corrected chi connectivity index (χ1v) is 5.37. The van der Waals surface area contributed by atoms with Crippen molar-refractivity contribution >= 4 is 5.97 Å². The summed E-state index contributed by atoms with van der Waals surface area (Å²) in [5.41, 5.74) is 0.0169. The molecule has 100 valence electrons. The largest absolute Gasteiger partial charge is 0.493 e. The van der Waals surface area contributed by atoms with Gasteiger partial charge < -0.3 is 14.6 Å². The third-order valence-corrected chi connectivity index (χ3v) is 2.32. The molecule has 2 aromatic rings. The van der Waals surface area contributed by atoms with Crippen LogP contribution in [0.25, 0.3) is 0 Å². The number of carboxylic acids is 1. The van der Waals surface area contributed by atoms with Crippen LogP contribution in [0.5, 0.6) is 11.5 Å². The summed E-state index contributed by atoms with van der Waals surface area (Å²) in [6.45, 7) is 0.00843. The number of para-hydroxylation sites is 1. The summed E-state index contributed by atoms with van der Waals surface area (Å²) >= 11 is 0. The minimum absolute atomic E-state index is 0.00843. The Morgan fingerprint density at radius 2 is 2.26 bits per heavy atom. The van der Waals surface area contributed by atoms with E-state index in [4.69, 9.17) is 14.6 Å². The Labute approximate surface area is 108 Å². The Balaban J connectivity index is 2.25. The standard InChI is InChI=1S/C11H12N4O4/c1-15-13-9(12-14-15)6-19-10-7(11(16)17)4-3-5-8(10)18-2/h3-5H,6H2,1-2H3,(H,16,17). The van der Waals surface area contributed by atoms with Gasteiger partial charge in [-0.15, -0.1) is 10.2 Å². The fourth-order valence-electron chi connectivity index (χ4n) is 1.51. The quantitative estimate of drug-likeness (QED) is 0.839. The second kappa shape index (κ2) is 5.34. The van der Waals surface area contributed by atoms with Gasteiger partial charge in [-0.1, -0.05) is 6.07 Å². The van der Waals surface area contributed by atoms with Crippen LogP contribution in [0.4, 0.5) is 0 Å². The highest BCUT2D eigenvalue weighted by Gasteiger charge is 2.17. The molecule has 0 saturated carbocycles. The molecule has 1 N–H and O–H groups in total. The molecule has 0 atom stereocenters. The van der Waals surface area contributed by atoms with Crippen molar-refractivity contribution < 1.29 is 19.4 Å². The number of rotatable bonds is 5. The van der Waals surface area contributed by atoms with Crippen LogP contribution < -0.4 is 9.47 Å². The Kier molecular flexibility index (Phi) is 3.60. The van der Waals surface area contributed by atoms with Crippen molar-refractivity contribution in [2.75, 3.05) is 7.11 Å². The molecule has 1 aromatic carbocycles. The summed E-state index contributed by atoms with van der Waals surface area (Å²) < 4.78 is 10.5. The van der Waals surface area contributed by atoms with E-state index in [-0.39, 0.29) is 17.9 Å². The van der Waals surface area contributed by atoms with Crippen molar-refractivity contribution in [3.63, 3.8) is 0 Å². The molecule has 0 fully saturated rings. The third-order valence-electron chi connectivity index (χ3n) is 2.32. The van der Waals surface area contributed by atoms with E-state index in [0.29, 0.717) is 11.6 Å². The van der Waals surface area contributed by atoms with Crippen molar-refractivity contribution in [2.24, 2.45) is 7.05 Å². The fraction of sp³-hybridized carbons (Fsp3) is 0.273. The molecule has 19 heavy (non-hydrogen) atoms. The zero-order valence-electron chi connectivity index (χ0n) is 10.4. The minimum Gasteiger partial charge on any atom is -0.493 e. The number of aryl methyl sites for hydroxylation is 1. The predicted octanol–water partition coefficient (Wildman–Crippen LogP) is 0.496. The lowest BCUT2D eigenvalue weighted by Crippen LogP contribution is -2.06. The molecule has 0 saturated heterocycles. The molecule has 0 aliphatic carbocycles. The van der Waals surface area contributed by atoms with Crippen LogP contribution >= 0.6 is 0 Å². The van der Waals surface area contributed by atoms with Crippen LogP contribution in [-0.2, 0) is 13.7 Å². The predicted molar refractivity (Wildman–Crippen MR) is 63.1 cm³/mol. The smallest absolute Gasteiger partial charge is 0.339 e. The topological polar surface area (TPSA) is 99.4 Å². The summed E-state index contributed by atoms with van der Waals surface area (Å²) in [4.78, 5) is 12.4. The molecule has 1 heterocycles. The summed E-state index contributed by atoms with van der Waals surface area (Å²) in [5, 5.41) is 20.4. The monoisotopic (exact) mass is 264 g/mol. The number of aromatic carboxylic acids is 1. The number of nitrogens with zero attached hydrogens (tertiary/aromatic N) is 4. The van der Waals surface area contributed by atoms with Crippen molar-refractivity contribution in [2.45, 2.75) is 6.61 Å². The van der Waals surface area contributed by atoms with Gasteiger partial charge in [0.2, 0.25) is 5.82 Å². The second-order valence-corrected chi connectivity index (χ2v) is 3.63. The molecule has 0 amide bonds. The number of carbonyl (C=O) groups is 1. The normalized spacial score (nSPS) is 10.2. The molecule has 0 bridgehead atoms. The third kappa shape index (κ3) is 2.79. The Bertz CT molecular complexity index is 596. The maximum absolute atomic E-state index is 11.1. The van der Waals surface area contributed by atoms with Crippen LogP contribution in [0.1, 0.15) is 16.2 Å². The summed E-state index contributed by atoms with van der Waals surface area (Å²) in [6, 6.07) is 4.63. The summed E-state index contributed by atoms with van der Waals surface area (Å²) in [7, 11) is 3.07. The highest BCUT2D eigenvalue weighted by molar-refractivity contribution is 5.92. The number of carboxylic acid groups (broad SMARTS) is 1. The molecule has 0 unspecified atom stereocenters. The molecule has 8 heteroatoms. The molecule has 0 aliphatic rings. The molecular formula is C11H12N4O4. The zero-order chi connectivity index (χ0) is 13.8. The summed E-state index contributed by atoms with van der Waals surface area (Å²) in [6.07, 6.45) is 0. The van der Waals surface area contributed by atoms with Crippen LogP contribution in [0.3, 0.4) is 0 Å². The number of ether oxygens (including phenoxy) is 2. The lowest BCUT2D eigenvalue weighted by molar-refractivity contribution is 0.0690. The highest BCUT2D eigenvalue weighted by atomic mass is 16.5. The number of aromatic nitrogens is 4. The number of hydrogen-bond donors (Lipinski definition) is 1. The maximum Gasteiger partial charge on any atom is 0.339 e. The first-order chi connectivity index (χ1) is 9.11. The van der Waals surface area contributed by atoms with Gasteiger partial charge in [-0.2, -0.15) is 4.80 Å². The van der Waals surface area contributed by atoms with Gasteiger partial charge in [-0.3, -0.25) is 0 Å². The molecule has 0 aliphatic heterocycles. The first-order valence-electron chi connectivity index (χ1n) is 5.37.